The molecule has 1 aromatic carbocycles. The number of amides is 3. The monoisotopic (exact) mass is 436 g/mol. The molecule has 0 saturated carbocycles. The van der Waals surface area contributed by atoms with E-state index in [0.717, 1.165) is 0 Å². The summed E-state index contributed by atoms with van der Waals surface area (Å²) in [5, 5.41) is 13.5. The maximum Gasteiger partial charge on any atom is 0.410 e. The van der Waals surface area contributed by atoms with Crippen LogP contribution in [0.3, 0.4) is 0 Å². The Balaban J connectivity index is 1.63. The molecular formula is C19H24N4O6S. The Labute approximate surface area is 178 Å². The first-order valence-corrected chi connectivity index (χ1v) is 10.5. The van der Waals surface area contributed by atoms with Crippen LogP contribution in [0.15, 0.2) is 24.3 Å². The molecule has 2 aliphatic rings. The van der Waals surface area contributed by atoms with Crippen molar-refractivity contribution in [3.8, 4) is 0 Å². The van der Waals surface area contributed by atoms with E-state index in [1.165, 1.54) is 43.0 Å². The highest BCUT2D eigenvalue weighted by molar-refractivity contribution is 8.14. The van der Waals surface area contributed by atoms with E-state index in [1.54, 1.807) is 9.80 Å². The van der Waals surface area contributed by atoms with Crippen molar-refractivity contribution in [1.82, 2.24) is 15.1 Å². The van der Waals surface area contributed by atoms with Crippen LogP contribution >= 0.6 is 11.8 Å². The van der Waals surface area contributed by atoms with Gasteiger partial charge >= 0.3 is 12.1 Å². The molecular weight excluding hydrogens is 412 g/mol. The minimum absolute atomic E-state index is 0.0209. The topological polar surface area (TPSA) is 122 Å². The summed E-state index contributed by atoms with van der Waals surface area (Å²) in [4.78, 5) is 49.8. The van der Waals surface area contributed by atoms with Gasteiger partial charge in [0, 0.05) is 50.0 Å². The van der Waals surface area contributed by atoms with E-state index in [1.807, 2.05) is 6.92 Å². The number of thioether (sulfide) groups is 1. The van der Waals surface area contributed by atoms with E-state index in [-0.39, 0.29) is 40.8 Å². The van der Waals surface area contributed by atoms with E-state index in [9.17, 15) is 24.5 Å². The summed E-state index contributed by atoms with van der Waals surface area (Å²) >= 11 is 1.19. The quantitative estimate of drug-likeness (QED) is 0.536. The molecule has 0 radical (unpaired) electrons. The van der Waals surface area contributed by atoms with Crippen LogP contribution in [0.5, 0.6) is 0 Å². The van der Waals surface area contributed by atoms with Crippen molar-refractivity contribution in [3.63, 3.8) is 0 Å². The Morgan fingerprint density at radius 1 is 1.30 bits per heavy atom. The lowest BCUT2D eigenvalue weighted by atomic mass is 10.2. The zero-order chi connectivity index (χ0) is 21.8. The van der Waals surface area contributed by atoms with Gasteiger partial charge in [0.05, 0.1) is 11.0 Å². The second-order valence-corrected chi connectivity index (χ2v) is 8.98. The first-order valence-electron chi connectivity index (χ1n) is 9.62. The normalized spacial score (nSPS) is 23.4. The van der Waals surface area contributed by atoms with Crippen molar-refractivity contribution >= 4 is 34.7 Å². The molecule has 3 atom stereocenters. The Bertz CT molecular complexity index is 833. The summed E-state index contributed by atoms with van der Waals surface area (Å²) in [7, 11) is 0. The first-order chi connectivity index (χ1) is 14.2. The molecule has 1 N–H and O–H groups in total. The molecule has 0 aromatic heterocycles. The molecule has 2 saturated heterocycles. The van der Waals surface area contributed by atoms with Gasteiger partial charge in [-0.1, -0.05) is 11.8 Å². The van der Waals surface area contributed by atoms with E-state index in [0.29, 0.717) is 31.6 Å². The minimum Gasteiger partial charge on any atom is -0.445 e. The number of nitrogens with zero attached hydrogens (tertiary/aromatic N) is 3. The Hall–Kier alpha value is -2.82. The Morgan fingerprint density at radius 3 is 2.57 bits per heavy atom. The van der Waals surface area contributed by atoms with Gasteiger partial charge in [0.2, 0.25) is 0 Å². The van der Waals surface area contributed by atoms with Crippen molar-refractivity contribution in [2.24, 2.45) is 0 Å². The highest BCUT2D eigenvalue weighted by Gasteiger charge is 2.40. The molecule has 2 aliphatic heterocycles. The van der Waals surface area contributed by atoms with Crippen molar-refractivity contribution in [2.75, 3.05) is 19.6 Å². The summed E-state index contributed by atoms with van der Waals surface area (Å²) in [5.41, 5.74) is 0.596. The molecule has 2 heterocycles. The molecule has 0 spiro atoms. The van der Waals surface area contributed by atoms with Gasteiger partial charge in [-0.15, -0.1) is 0 Å². The number of rotatable bonds is 6. The summed E-state index contributed by atoms with van der Waals surface area (Å²) in [6.45, 7) is 4.68. The van der Waals surface area contributed by atoms with Crippen LogP contribution in [0.1, 0.15) is 25.8 Å². The van der Waals surface area contributed by atoms with Gasteiger partial charge in [0.1, 0.15) is 6.61 Å². The highest BCUT2D eigenvalue weighted by atomic mass is 32.2. The van der Waals surface area contributed by atoms with Gasteiger partial charge in [-0.25, -0.2) is 9.59 Å². The molecule has 10 nitrogen and oxygen atoms in total. The fourth-order valence-corrected chi connectivity index (χ4v) is 4.73. The number of carbonyl (C=O) groups is 3. The van der Waals surface area contributed by atoms with Crippen molar-refractivity contribution in [1.29, 1.82) is 0 Å². The van der Waals surface area contributed by atoms with Gasteiger partial charge < -0.3 is 19.9 Å². The van der Waals surface area contributed by atoms with Crippen molar-refractivity contribution in [2.45, 2.75) is 44.2 Å². The number of benzene rings is 1. The number of nitrogens with one attached hydrogen (secondary N) is 1. The minimum atomic E-state index is -0.530. The molecule has 162 valence electrons. The predicted molar refractivity (Wildman–Crippen MR) is 110 cm³/mol. The zero-order valence-corrected chi connectivity index (χ0v) is 17.6. The van der Waals surface area contributed by atoms with Crippen LogP contribution in [-0.2, 0) is 16.1 Å². The molecule has 30 heavy (non-hydrogen) atoms. The maximum absolute atomic E-state index is 12.7. The largest absolute Gasteiger partial charge is 0.445 e. The molecule has 11 heteroatoms. The predicted octanol–water partition coefficient (Wildman–Crippen LogP) is 2.37. The fraction of sp³-hybridized carbons (Fsp3) is 0.526. The number of nitro groups is 1. The first kappa shape index (κ1) is 21.9. The Kier molecular flexibility index (Phi) is 6.80. The highest BCUT2D eigenvalue weighted by Crippen LogP contribution is 2.30. The van der Waals surface area contributed by atoms with Crippen LogP contribution in [0.25, 0.3) is 0 Å². The summed E-state index contributed by atoms with van der Waals surface area (Å²) in [6.07, 6.45) is 0.0624. The van der Waals surface area contributed by atoms with E-state index in [2.05, 4.69) is 5.32 Å². The molecule has 0 aliphatic carbocycles. The summed E-state index contributed by atoms with van der Waals surface area (Å²) in [6, 6.07) is 5.42. The van der Waals surface area contributed by atoms with Crippen molar-refractivity contribution < 1.29 is 24.0 Å². The number of ether oxygens (including phenoxy) is 1. The zero-order valence-electron chi connectivity index (χ0n) is 16.8. The number of hydrogen-bond donors (Lipinski definition) is 1. The number of likely N-dealkylation sites (tertiary alicyclic amines) is 1. The second kappa shape index (κ2) is 9.33. The van der Waals surface area contributed by atoms with Crippen LogP contribution in [-0.4, -0.2) is 68.9 Å². The molecule has 3 amide bonds. The molecule has 0 bridgehead atoms. The number of urea groups is 1. The number of carbonyl (C=O) groups excluding carboxylic acids is 3. The summed E-state index contributed by atoms with van der Waals surface area (Å²) < 4.78 is 5.41. The van der Waals surface area contributed by atoms with E-state index >= 15 is 0 Å². The average Bonchev–Trinajstić information content (AvgIpc) is 3.21. The fourth-order valence-electron chi connectivity index (χ4n) is 3.71. The number of hydrogen-bond acceptors (Lipinski definition) is 7. The molecule has 1 aromatic rings. The van der Waals surface area contributed by atoms with Gasteiger partial charge in [-0.05, 0) is 31.0 Å². The smallest absolute Gasteiger partial charge is 0.410 e. The van der Waals surface area contributed by atoms with Crippen LogP contribution in [0, 0.1) is 10.1 Å². The third kappa shape index (κ3) is 5.41. The van der Waals surface area contributed by atoms with Crippen LogP contribution in [0.2, 0.25) is 0 Å². The lowest BCUT2D eigenvalue weighted by Gasteiger charge is -2.27. The Morgan fingerprint density at radius 2 is 2.00 bits per heavy atom. The maximum atomic E-state index is 12.7. The summed E-state index contributed by atoms with van der Waals surface area (Å²) in [5.74, 6) is 0. The van der Waals surface area contributed by atoms with Gasteiger partial charge in [-0.2, -0.15) is 0 Å². The average molecular weight is 436 g/mol. The standard InChI is InChI=1S/C19H24N4O6S/c1-12-8-21(18(25)20-12)9-16-7-17(30-13(2)24)10-22(16)19(26)29-11-14-3-5-15(6-4-14)23(27)28/h3-6,12,16-17H,7-11H2,1-2H3,(H,20,25). The van der Waals surface area contributed by atoms with Crippen LogP contribution in [0.4, 0.5) is 15.3 Å². The van der Waals surface area contributed by atoms with Crippen LogP contribution < -0.4 is 5.32 Å². The lowest BCUT2D eigenvalue weighted by Crippen LogP contribution is -2.44. The third-order valence-corrected chi connectivity index (χ3v) is 6.04. The molecule has 3 unspecified atom stereocenters. The molecule has 3 rings (SSSR count). The van der Waals surface area contributed by atoms with Crippen molar-refractivity contribution in [3.05, 3.63) is 39.9 Å². The molecule has 2 fully saturated rings. The third-order valence-electron chi connectivity index (χ3n) is 5.04. The van der Waals surface area contributed by atoms with Gasteiger partial charge in [-0.3, -0.25) is 14.9 Å². The van der Waals surface area contributed by atoms with E-state index in [4.69, 9.17) is 4.74 Å². The van der Waals surface area contributed by atoms with Gasteiger partial charge in [0.25, 0.3) is 5.69 Å². The number of non-ortho nitro benzene ring substituents is 1. The van der Waals surface area contributed by atoms with E-state index < -0.39 is 11.0 Å². The lowest BCUT2D eigenvalue weighted by molar-refractivity contribution is -0.384. The SMILES string of the molecule is CC(=O)SC1CC(CN2CC(C)NC2=O)N(C(=O)OCc2ccc([N+](=O)[O-])cc2)C1. The number of nitro benzene ring substituents is 1. The van der Waals surface area contributed by atoms with Gasteiger partial charge in [0.15, 0.2) is 5.12 Å². The second-order valence-electron chi connectivity index (χ2n) is 7.51.